The molecule has 1 saturated carbocycles. The molecule has 1 aromatic carbocycles. The van der Waals surface area contributed by atoms with Gasteiger partial charge < -0.3 is 10.6 Å². The van der Waals surface area contributed by atoms with Gasteiger partial charge in [-0.15, -0.1) is 35.3 Å². The summed E-state index contributed by atoms with van der Waals surface area (Å²) in [5, 5.41) is 8.10. The SMILES string of the molecule is CCNC(=NCc1ncc(CC)s1)NC1CC1c1c(F)cccc1Cl.I. The maximum absolute atomic E-state index is 14.0. The lowest BCUT2D eigenvalue weighted by atomic mass is 10.1. The molecule has 2 unspecified atom stereocenters. The number of aliphatic imine (C=N–C) groups is 1. The summed E-state index contributed by atoms with van der Waals surface area (Å²) in [5.74, 6) is 0.582. The number of guanidine groups is 1. The van der Waals surface area contributed by atoms with Gasteiger partial charge in [0.25, 0.3) is 0 Å². The first-order chi connectivity index (χ1) is 12.1. The first-order valence-electron chi connectivity index (χ1n) is 8.54. The molecule has 1 aliphatic carbocycles. The minimum atomic E-state index is -0.237. The molecule has 142 valence electrons. The first kappa shape index (κ1) is 21.4. The highest BCUT2D eigenvalue weighted by atomic mass is 127. The summed E-state index contributed by atoms with van der Waals surface area (Å²) in [4.78, 5) is 10.3. The van der Waals surface area contributed by atoms with E-state index < -0.39 is 0 Å². The third kappa shape index (κ3) is 5.29. The van der Waals surface area contributed by atoms with Gasteiger partial charge in [0.1, 0.15) is 10.8 Å². The maximum Gasteiger partial charge on any atom is 0.191 e. The van der Waals surface area contributed by atoms with Gasteiger partial charge in [0.05, 0.1) is 6.54 Å². The predicted molar refractivity (Wildman–Crippen MR) is 117 cm³/mol. The van der Waals surface area contributed by atoms with Crippen molar-refractivity contribution in [3.05, 3.63) is 50.7 Å². The number of benzene rings is 1. The van der Waals surface area contributed by atoms with E-state index in [0.717, 1.165) is 30.4 Å². The Morgan fingerprint density at radius 1 is 1.42 bits per heavy atom. The van der Waals surface area contributed by atoms with Gasteiger partial charge in [-0.25, -0.2) is 14.4 Å². The van der Waals surface area contributed by atoms with Crippen LogP contribution >= 0.6 is 46.9 Å². The molecule has 0 aliphatic heterocycles. The fraction of sp³-hybridized carbons (Fsp3) is 0.444. The van der Waals surface area contributed by atoms with Crippen LogP contribution in [-0.4, -0.2) is 23.5 Å². The van der Waals surface area contributed by atoms with Crippen molar-refractivity contribution in [2.45, 2.75) is 45.2 Å². The van der Waals surface area contributed by atoms with Gasteiger partial charge in [-0.3, -0.25) is 0 Å². The van der Waals surface area contributed by atoms with Crippen LogP contribution in [0, 0.1) is 5.82 Å². The summed E-state index contributed by atoms with van der Waals surface area (Å²) in [7, 11) is 0. The summed E-state index contributed by atoms with van der Waals surface area (Å²) in [6.45, 7) is 5.45. The van der Waals surface area contributed by atoms with E-state index in [1.807, 2.05) is 13.1 Å². The van der Waals surface area contributed by atoms with Crippen LogP contribution in [0.3, 0.4) is 0 Å². The van der Waals surface area contributed by atoms with Gasteiger partial charge in [-0.2, -0.15) is 0 Å². The predicted octanol–water partition coefficient (Wildman–Crippen LogP) is 4.73. The van der Waals surface area contributed by atoms with Gasteiger partial charge >= 0.3 is 0 Å². The number of nitrogens with zero attached hydrogens (tertiary/aromatic N) is 2. The number of rotatable bonds is 6. The van der Waals surface area contributed by atoms with Crippen LogP contribution in [0.5, 0.6) is 0 Å². The molecule has 26 heavy (non-hydrogen) atoms. The number of aryl methyl sites for hydroxylation is 1. The number of thiazole rings is 1. The van der Waals surface area contributed by atoms with E-state index in [9.17, 15) is 4.39 Å². The van der Waals surface area contributed by atoms with E-state index >= 15 is 0 Å². The van der Waals surface area contributed by atoms with Crippen LogP contribution in [0.15, 0.2) is 29.4 Å². The molecule has 3 rings (SSSR count). The third-order valence-electron chi connectivity index (χ3n) is 4.15. The average molecular weight is 509 g/mol. The number of hydrogen-bond acceptors (Lipinski definition) is 3. The van der Waals surface area contributed by atoms with Crippen LogP contribution in [0.2, 0.25) is 5.02 Å². The van der Waals surface area contributed by atoms with Crippen molar-refractivity contribution in [3.8, 4) is 0 Å². The van der Waals surface area contributed by atoms with E-state index in [1.54, 1.807) is 23.5 Å². The molecule has 1 heterocycles. The van der Waals surface area contributed by atoms with Crippen molar-refractivity contribution >= 4 is 52.9 Å². The van der Waals surface area contributed by atoms with Gasteiger partial charge in [-0.05, 0) is 31.9 Å². The van der Waals surface area contributed by atoms with Crippen molar-refractivity contribution in [1.29, 1.82) is 0 Å². The molecule has 1 aliphatic rings. The lowest BCUT2D eigenvalue weighted by Gasteiger charge is -2.11. The number of halogens is 3. The maximum atomic E-state index is 14.0. The quantitative estimate of drug-likeness (QED) is 0.337. The highest BCUT2D eigenvalue weighted by Gasteiger charge is 2.41. The molecular formula is C18H23ClFIN4S. The molecule has 1 fully saturated rings. The molecule has 8 heteroatoms. The zero-order valence-corrected chi connectivity index (χ0v) is 18.7. The molecule has 2 atom stereocenters. The smallest absolute Gasteiger partial charge is 0.191 e. The third-order valence-corrected chi connectivity index (χ3v) is 5.61. The van der Waals surface area contributed by atoms with Crippen molar-refractivity contribution in [1.82, 2.24) is 15.6 Å². The van der Waals surface area contributed by atoms with E-state index in [1.165, 1.54) is 10.9 Å². The zero-order chi connectivity index (χ0) is 17.8. The van der Waals surface area contributed by atoms with Crippen LogP contribution in [0.1, 0.15) is 41.6 Å². The standard InChI is InChI=1S/C18H22ClFN4S.HI/c1-3-11-9-22-16(25-11)10-23-18(21-4-2)24-15-8-12(15)17-13(19)6-5-7-14(17)20;/h5-7,9,12,15H,3-4,8,10H2,1-2H3,(H2,21,23,24);1H. The topological polar surface area (TPSA) is 49.3 Å². The fourth-order valence-electron chi connectivity index (χ4n) is 2.77. The molecule has 0 spiro atoms. The van der Waals surface area contributed by atoms with E-state index in [4.69, 9.17) is 11.6 Å². The Labute approximate surface area is 179 Å². The zero-order valence-electron chi connectivity index (χ0n) is 14.8. The van der Waals surface area contributed by atoms with Crippen molar-refractivity contribution in [3.63, 3.8) is 0 Å². The van der Waals surface area contributed by atoms with Crippen molar-refractivity contribution < 1.29 is 4.39 Å². The summed E-state index contributed by atoms with van der Waals surface area (Å²) in [6.07, 6.45) is 3.75. The molecule has 0 saturated heterocycles. The average Bonchev–Trinajstić information content (AvgIpc) is 3.17. The van der Waals surface area contributed by atoms with Gasteiger partial charge in [-0.1, -0.05) is 24.6 Å². The monoisotopic (exact) mass is 508 g/mol. The van der Waals surface area contributed by atoms with Crippen LogP contribution in [0.25, 0.3) is 0 Å². The number of nitrogens with one attached hydrogen (secondary N) is 2. The molecule has 0 bridgehead atoms. The Morgan fingerprint density at radius 2 is 2.23 bits per heavy atom. The molecule has 0 amide bonds. The highest BCUT2D eigenvalue weighted by Crippen LogP contribution is 2.44. The second-order valence-corrected chi connectivity index (χ2v) is 7.60. The Hall–Kier alpha value is -0.930. The summed E-state index contributed by atoms with van der Waals surface area (Å²) in [6, 6.07) is 4.98. The number of hydrogen-bond donors (Lipinski definition) is 2. The van der Waals surface area contributed by atoms with Gasteiger partial charge in [0.15, 0.2) is 5.96 Å². The Bertz CT molecular complexity index is 747. The van der Waals surface area contributed by atoms with Crippen LogP contribution < -0.4 is 10.6 Å². The Morgan fingerprint density at radius 3 is 2.88 bits per heavy atom. The summed E-state index contributed by atoms with van der Waals surface area (Å²) < 4.78 is 14.0. The van der Waals surface area contributed by atoms with Crippen molar-refractivity contribution in [2.75, 3.05) is 6.54 Å². The normalized spacial score (nSPS) is 19.0. The van der Waals surface area contributed by atoms with Crippen LogP contribution in [-0.2, 0) is 13.0 Å². The van der Waals surface area contributed by atoms with Crippen molar-refractivity contribution in [2.24, 2.45) is 4.99 Å². The van der Waals surface area contributed by atoms with E-state index in [-0.39, 0.29) is 41.8 Å². The molecular weight excluding hydrogens is 486 g/mol. The second-order valence-electron chi connectivity index (χ2n) is 6.00. The van der Waals surface area contributed by atoms with E-state index in [2.05, 4.69) is 27.5 Å². The van der Waals surface area contributed by atoms with Crippen LogP contribution in [0.4, 0.5) is 4.39 Å². The Balaban J connectivity index is 0.00000243. The largest absolute Gasteiger partial charge is 0.357 e. The minimum absolute atomic E-state index is 0. The molecule has 2 N–H and O–H groups in total. The molecule has 2 aromatic rings. The van der Waals surface area contributed by atoms with Gasteiger partial charge in [0, 0.05) is 40.2 Å². The molecule has 0 radical (unpaired) electrons. The highest BCUT2D eigenvalue weighted by molar-refractivity contribution is 14.0. The molecule has 4 nitrogen and oxygen atoms in total. The second kappa shape index (κ2) is 9.85. The van der Waals surface area contributed by atoms with Gasteiger partial charge in [0.2, 0.25) is 0 Å². The fourth-order valence-corrected chi connectivity index (χ4v) is 3.86. The summed E-state index contributed by atoms with van der Waals surface area (Å²) >= 11 is 7.85. The molecule has 1 aromatic heterocycles. The van der Waals surface area contributed by atoms with E-state index in [0.29, 0.717) is 17.1 Å². The lowest BCUT2D eigenvalue weighted by Crippen LogP contribution is -2.39. The lowest BCUT2D eigenvalue weighted by molar-refractivity contribution is 0.608. The minimum Gasteiger partial charge on any atom is -0.357 e. The Kier molecular flexibility index (Phi) is 8.09. The first-order valence-corrected chi connectivity index (χ1v) is 9.74. The number of aromatic nitrogens is 1. The summed E-state index contributed by atoms with van der Waals surface area (Å²) in [5.41, 5.74) is 0.602.